The van der Waals surface area contributed by atoms with E-state index in [1.165, 1.54) is 46.1 Å². The SMILES string of the molecule is Clc1ccc2c(c1N1CCCCC1)Nc1ccccc1S2. The van der Waals surface area contributed by atoms with Gasteiger partial charge in [-0.2, -0.15) is 0 Å². The number of anilines is 3. The molecular formula is C17H17ClN2S. The predicted molar refractivity (Wildman–Crippen MR) is 91.4 cm³/mol. The molecule has 1 N–H and O–H groups in total. The molecule has 4 rings (SSSR count). The van der Waals surface area contributed by atoms with Gasteiger partial charge in [-0.1, -0.05) is 35.5 Å². The van der Waals surface area contributed by atoms with Gasteiger partial charge in [0.2, 0.25) is 0 Å². The number of halogens is 1. The Labute approximate surface area is 134 Å². The smallest absolute Gasteiger partial charge is 0.0806 e. The number of para-hydroxylation sites is 1. The first-order chi connectivity index (χ1) is 10.3. The number of rotatable bonds is 1. The van der Waals surface area contributed by atoms with Crippen LogP contribution < -0.4 is 10.2 Å². The van der Waals surface area contributed by atoms with Crippen molar-refractivity contribution in [1.29, 1.82) is 0 Å². The monoisotopic (exact) mass is 316 g/mol. The average Bonchev–Trinajstić information content (AvgIpc) is 2.54. The van der Waals surface area contributed by atoms with Gasteiger partial charge in [0.05, 0.1) is 22.1 Å². The highest BCUT2D eigenvalue weighted by atomic mass is 35.5. The van der Waals surface area contributed by atoms with E-state index in [0.717, 1.165) is 18.1 Å². The van der Waals surface area contributed by atoms with E-state index < -0.39 is 0 Å². The lowest BCUT2D eigenvalue weighted by Crippen LogP contribution is -2.30. The van der Waals surface area contributed by atoms with E-state index in [4.69, 9.17) is 11.6 Å². The van der Waals surface area contributed by atoms with Crippen LogP contribution in [0.4, 0.5) is 17.1 Å². The zero-order valence-electron chi connectivity index (χ0n) is 11.7. The fourth-order valence-electron chi connectivity index (χ4n) is 3.09. The third-order valence-corrected chi connectivity index (χ3v) is 5.57. The summed E-state index contributed by atoms with van der Waals surface area (Å²) < 4.78 is 0. The summed E-state index contributed by atoms with van der Waals surface area (Å²) >= 11 is 8.35. The molecule has 0 unspecified atom stereocenters. The second-order valence-electron chi connectivity index (χ2n) is 5.54. The molecule has 0 spiro atoms. The highest BCUT2D eigenvalue weighted by molar-refractivity contribution is 7.99. The minimum atomic E-state index is 0.850. The van der Waals surface area contributed by atoms with Crippen molar-refractivity contribution in [1.82, 2.24) is 0 Å². The van der Waals surface area contributed by atoms with Crippen molar-refractivity contribution in [2.75, 3.05) is 23.3 Å². The largest absolute Gasteiger partial charge is 0.369 e. The highest BCUT2D eigenvalue weighted by Gasteiger charge is 2.24. The van der Waals surface area contributed by atoms with Crippen LogP contribution in [0.3, 0.4) is 0 Å². The molecule has 1 saturated heterocycles. The molecule has 0 radical (unpaired) electrons. The van der Waals surface area contributed by atoms with Crippen LogP contribution >= 0.6 is 23.4 Å². The van der Waals surface area contributed by atoms with Crippen molar-refractivity contribution in [2.24, 2.45) is 0 Å². The van der Waals surface area contributed by atoms with Gasteiger partial charge in [-0.05, 0) is 43.5 Å². The van der Waals surface area contributed by atoms with Gasteiger partial charge >= 0.3 is 0 Å². The highest BCUT2D eigenvalue weighted by Crippen LogP contribution is 2.50. The maximum atomic E-state index is 6.53. The lowest BCUT2D eigenvalue weighted by atomic mass is 10.1. The Morgan fingerprint density at radius 2 is 1.76 bits per heavy atom. The maximum Gasteiger partial charge on any atom is 0.0806 e. The molecular weight excluding hydrogens is 300 g/mol. The Hall–Kier alpha value is -1.32. The van der Waals surface area contributed by atoms with Crippen molar-refractivity contribution in [3.8, 4) is 0 Å². The van der Waals surface area contributed by atoms with Gasteiger partial charge in [0.1, 0.15) is 0 Å². The third kappa shape index (κ3) is 2.39. The van der Waals surface area contributed by atoms with Crippen LogP contribution in [-0.2, 0) is 0 Å². The molecule has 2 aromatic rings. The predicted octanol–water partition coefficient (Wildman–Crippen LogP) is 5.54. The number of fused-ring (bicyclic) bond motifs is 2. The first kappa shape index (κ1) is 13.4. The summed E-state index contributed by atoms with van der Waals surface area (Å²) in [6.45, 7) is 2.20. The Kier molecular flexibility index (Phi) is 3.48. The summed E-state index contributed by atoms with van der Waals surface area (Å²) in [5, 5.41) is 4.45. The summed E-state index contributed by atoms with van der Waals surface area (Å²) in [5.74, 6) is 0. The molecule has 2 aliphatic heterocycles. The number of benzene rings is 2. The van der Waals surface area contributed by atoms with Crippen molar-refractivity contribution in [3.05, 3.63) is 41.4 Å². The van der Waals surface area contributed by atoms with E-state index in [2.05, 4.69) is 40.5 Å². The first-order valence-electron chi connectivity index (χ1n) is 7.44. The van der Waals surface area contributed by atoms with Crippen LogP contribution in [0.2, 0.25) is 5.02 Å². The van der Waals surface area contributed by atoms with Crippen LogP contribution in [0.25, 0.3) is 0 Å². The van der Waals surface area contributed by atoms with Crippen molar-refractivity contribution < 1.29 is 0 Å². The molecule has 108 valence electrons. The first-order valence-corrected chi connectivity index (χ1v) is 8.64. The molecule has 2 heterocycles. The van der Waals surface area contributed by atoms with Crippen molar-refractivity contribution in [3.63, 3.8) is 0 Å². The lowest BCUT2D eigenvalue weighted by molar-refractivity contribution is 0.578. The Balaban J connectivity index is 1.79. The van der Waals surface area contributed by atoms with E-state index in [1.54, 1.807) is 0 Å². The summed E-state index contributed by atoms with van der Waals surface area (Å²) in [6.07, 6.45) is 3.83. The number of hydrogen-bond donors (Lipinski definition) is 1. The zero-order chi connectivity index (χ0) is 14.2. The van der Waals surface area contributed by atoms with E-state index in [-0.39, 0.29) is 0 Å². The normalized spacial score (nSPS) is 16.9. The van der Waals surface area contributed by atoms with Gasteiger partial charge in [-0.15, -0.1) is 0 Å². The quantitative estimate of drug-likeness (QED) is 0.634. The van der Waals surface area contributed by atoms with Gasteiger partial charge in [-0.3, -0.25) is 0 Å². The second kappa shape index (κ2) is 5.47. The number of hydrogen-bond acceptors (Lipinski definition) is 3. The topological polar surface area (TPSA) is 15.3 Å². The zero-order valence-corrected chi connectivity index (χ0v) is 13.3. The van der Waals surface area contributed by atoms with E-state index >= 15 is 0 Å². The van der Waals surface area contributed by atoms with Crippen LogP contribution in [0.1, 0.15) is 19.3 Å². The van der Waals surface area contributed by atoms with E-state index in [9.17, 15) is 0 Å². The molecule has 2 aromatic carbocycles. The molecule has 0 saturated carbocycles. The number of piperidine rings is 1. The fourth-order valence-corrected chi connectivity index (χ4v) is 4.37. The molecule has 0 bridgehead atoms. The van der Waals surface area contributed by atoms with Gasteiger partial charge in [-0.25, -0.2) is 0 Å². The Morgan fingerprint density at radius 1 is 0.952 bits per heavy atom. The summed E-state index contributed by atoms with van der Waals surface area (Å²) in [6, 6.07) is 12.6. The van der Waals surface area contributed by atoms with E-state index in [0.29, 0.717) is 0 Å². The number of nitrogens with one attached hydrogen (secondary N) is 1. The van der Waals surface area contributed by atoms with Crippen LogP contribution in [0.5, 0.6) is 0 Å². The average molecular weight is 317 g/mol. The molecule has 1 fully saturated rings. The minimum Gasteiger partial charge on any atom is -0.369 e. The van der Waals surface area contributed by atoms with Crippen LogP contribution in [0, 0.1) is 0 Å². The van der Waals surface area contributed by atoms with Crippen LogP contribution in [0.15, 0.2) is 46.2 Å². The molecule has 4 heteroatoms. The maximum absolute atomic E-state index is 6.53. The van der Waals surface area contributed by atoms with Gasteiger partial charge < -0.3 is 10.2 Å². The molecule has 2 nitrogen and oxygen atoms in total. The summed E-state index contributed by atoms with van der Waals surface area (Å²) in [7, 11) is 0. The number of nitrogens with zero attached hydrogens (tertiary/aromatic N) is 1. The molecule has 0 amide bonds. The molecule has 0 atom stereocenters. The van der Waals surface area contributed by atoms with Gasteiger partial charge in [0.25, 0.3) is 0 Å². The van der Waals surface area contributed by atoms with Crippen LogP contribution in [-0.4, -0.2) is 13.1 Å². The standard InChI is InChI=1S/C17H17ClN2S/c18-12-8-9-15-16(17(12)20-10-4-1-5-11-20)19-13-6-2-3-7-14(13)21-15/h2-3,6-9,19H,1,4-5,10-11H2. The molecule has 21 heavy (non-hydrogen) atoms. The third-order valence-electron chi connectivity index (χ3n) is 4.13. The minimum absolute atomic E-state index is 0.850. The molecule has 2 aliphatic rings. The van der Waals surface area contributed by atoms with E-state index in [1.807, 2.05) is 17.8 Å². The summed E-state index contributed by atoms with van der Waals surface area (Å²) in [4.78, 5) is 4.97. The molecule has 0 aromatic heterocycles. The lowest BCUT2D eigenvalue weighted by Gasteiger charge is -2.33. The Bertz CT molecular complexity index is 680. The molecule has 0 aliphatic carbocycles. The summed E-state index contributed by atoms with van der Waals surface area (Å²) in [5.41, 5.74) is 3.53. The van der Waals surface area contributed by atoms with Crippen molar-refractivity contribution in [2.45, 2.75) is 29.1 Å². The van der Waals surface area contributed by atoms with Crippen molar-refractivity contribution >= 4 is 40.4 Å². The Morgan fingerprint density at radius 3 is 2.62 bits per heavy atom. The second-order valence-corrected chi connectivity index (χ2v) is 7.03. The van der Waals surface area contributed by atoms with Gasteiger partial charge in [0.15, 0.2) is 0 Å². The van der Waals surface area contributed by atoms with Gasteiger partial charge in [0, 0.05) is 22.9 Å². The fraction of sp³-hybridized carbons (Fsp3) is 0.294.